The molecule has 3 aromatic rings. The molecule has 146 valence electrons. The number of halogens is 1. The molecule has 0 atom stereocenters. The minimum atomic E-state index is -0.477. The van der Waals surface area contributed by atoms with Crippen molar-refractivity contribution in [3.63, 3.8) is 0 Å². The van der Waals surface area contributed by atoms with E-state index < -0.39 is 5.91 Å². The molecule has 0 spiro atoms. The number of furan rings is 1. The summed E-state index contributed by atoms with van der Waals surface area (Å²) in [6.07, 6.45) is 4.72. The Kier molecular flexibility index (Phi) is 6.89. The fourth-order valence-corrected chi connectivity index (χ4v) is 3.04. The molecule has 4 nitrogen and oxygen atoms in total. The quantitative estimate of drug-likeness (QED) is 0.361. The van der Waals surface area contributed by atoms with E-state index in [-0.39, 0.29) is 5.57 Å². The van der Waals surface area contributed by atoms with Crippen molar-refractivity contribution in [1.82, 2.24) is 0 Å². The Balaban J connectivity index is 1.71. The molecule has 2 aromatic carbocycles. The number of benzene rings is 2. The van der Waals surface area contributed by atoms with E-state index >= 15 is 0 Å². The van der Waals surface area contributed by atoms with Crippen LogP contribution < -0.4 is 5.32 Å². The van der Waals surface area contributed by atoms with E-state index in [9.17, 15) is 10.1 Å². The van der Waals surface area contributed by atoms with Crippen LogP contribution in [0.15, 0.2) is 70.7 Å². The molecule has 0 unspecified atom stereocenters. The maximum atomic E-state index is 12.5. The number of hydrogen-bond donors (Lipinski definition) is 1. The minimum absolute atomic E-state index is 0.0351. The van der Waals surface area contributed by atoms with Gasteiger partial charge in [0.05, 0.1) is 0 Å². The van der Waals surface area contributed by atoms with Crippen molar-refractivity contribution in [2.45, 2.75) is 26.2 Å². The molecule has 0 saturated carbocycles. The lowest BCUT2D eigenvalue weighted by Crippen LogP contribution is -2.13. The third kappa shape index (κ3) is 5.60. The van der Waals surface area contributed by atoms with Gasteiger partial charge in [-0.3, -0.25) is 4.79 Å². The first-order valence-corrected chi connectivity index (χ1v) is 9.84. The van der Waals surface area contributed by atoms with Gasteiger partial charge in [-0.05, 0) is 54.8 Å². The molecule has 1 N–H and O–H groups in total. The summed E-state index contributed by atoms with van der Waals surface area (Å²) >= 11 is 6.01. The monoisotopic (exact) mass is 404 g/mol. The summed E-state index contributed by atoms with van der Waals surface area (Å²) in [6.45, 7) is 2.15. The van der Waals surface area contributed by atoms with Crippen LogP contribution in [0.1, 0.15) is 31.1 Å². The SMILES string of the molecule is CCCCc1ccc(NC(=O)/C(C#N)=C/c2ccc(-c3cccc(Cl)c3)o2)cc1. The van der Waals surface area contributed by atoms with Crippen molar-refractivity contribution < 1.29 is 9.21 Å². The number of nitrogens with one attached hydrogen (secondary N) is 1. The largest absolute Gasteiger partial charge is 0.457 e. The molecule has 1 heterocycles. The standard InChI is InChI=1S/C24H21ClN2O2/c1-2-3-5-17-8-10-21(11-9-17)27-24(28)19(16-26)15-22-12-13-23(29-22)18-6-4-7-20(25)14-18/h4,6-15H,2-3,5H2,1H3,(H,27,28)/b19-15+. The van der Waals surface area contributed by atoms with Crippen LogP contribution in [-0.4, -0.2) is 5.91 Å². The maximum Gasteiger partial charge on any atom is 0.266 e. The normalized spacial score (nSPS) is 11.1. The minimum Gasteiger partial charge on any atom is -0.457 e. The number of amides is 1. The van der Waals surface area contributed by atoms with Crippen LogP contribution in [0.25, 0.3) is 17.4 Å². The summed E-state index contributed by atoms with van der Waals surface area (Å²) < 4.78 is 5.74. The van der Waals surface area contributed by atoms with Crippen LogP contribution >= 0.6 is 11.6 Å². The van der Waals surface area contributed by atoms with Crippen molar-refractivity contribution in [2.24, 2.45) is 0 Å². The number of rotatable bonds is 7. The van der Waals surface area contributed by atoms with Gasteiger partial charge in [-0.1, -0.05) is 49.2 Å². The second kappa shape index (κ2) is 9.77. The van der Waals surface area contributed by atoms with Gasteiger partial charge in [0.1, 0.15) is 23.2 Å². The fourth-order valence-electron chi connectivity index (χ4n) is 2.85. The van der Waals surface area contributed by atoms with Crippen LogP contribution in [0, 0.1) is 11.3 Å². The molecule has 1 aromatic heterocycles. The smallest absolute Gasteiger partial charge is 0.266 e. The summed E-state index contributed by atoms with van der Waals surface area (Å²) in [5, 5.41) is 12.8. The number of nitriles is 1. The van der Waals surface area contributed by atoms with E-state index in [2.05, 4.69) is 12.2 Å². The van der Waals surface area contributed by atoms with Crippen LogP contribution in [0.4, 0.5) is 5.69 Å². The first-order chi connectivity index (χ1) is 14.1. The number of carbonyl (C=O) groups excluding carboxylic acids is 1. The van der Waals surface area contributed by atoms with Gasteiger partial charge in [-0.15, -0.1) is 0 Å². The van der Waals surface area contributed by atoms with Crippen molar-refractivity contribution in [3.8, 4) is 17.4 Å². The van der Waals surface area contributed by atoms with Gasteiger partial charge in [0, 0.05) is 22.3 Å². The van der Waals surface area contributed by atoms with Gasteiger partial charge in [-0.2, -0.15) is 5.26 Å². The molecule has 5 heteroatoms. The molecule has 3 rings (SSSR count). The second-order valence-electron chi connectivity index (χ2n) is 6.64. The molecule has 0 bridgehead atoms. The van der Waals surface area contributed by atoms with Gasteiger partial charge >= 0.3 is 0 Å². The van der Waals surface area contributed by atoms with Crippen LogP contribution in [-0.2, 0) is 11.2 Å². The number of unbranched alkanes of at least 4 members (excludes halogenated alkanes) is 1. The number of anilines is 1. The van der Waals surface area contributed by atoms with E-state index in [1.54, 1.807) is 24.3 Å². The first-order valence-electron chi connectivity index (χ1n) is 9.47. The Labute approximate surface area is 175 Å². The third-order valence-corrected chi connectivity index (χ3v) is 4.65. The zero-order valence-corrected chi connectivity index (χ0v) is 16.9. The zero-order valence-electron chi connectivity index (χ0n) is 16.1. The number of nitrogens with zero attached hydrogens (tertiary/aromatic N) is 1. The summed E-state index contributed by atoms with van der Waals surface area (Å²) in [5.41, 5.74) is 2.66. The van der Waals surface area contributed by atoms with Crippen molar-refractivity contribution >= 4 is 29.3 Å². The Morgan fingerprint density at radius 3 is 2.66 bits per heavy atom. The molecule has 0 fully saturated rings. The van der Waals surface area contributed by atoms with Gasteiger partial charge in [0.25, 0.3) is 5.91 Å². The van der Waals surface area contributed by atoms with E-state index in [1.165, 1.54) is 11.6 Å². The van der Waals surface area contributed by atoms with Gasteiger partial charge in [0.2, 0.25) is 0 Å². The van der Waals surface area contributed by atoms with Gasteiger partial charge in [0.15, 0.2) is 0 Å². The Morgan fingerprint density at radius 2 is 1.97 bits per heavy atom. The predicted octanol–water partition coefficient (Wildman–Crippen LogP) is 6.49. The second-order valence-corrected chi connectivity index (χ2v) is 7.07. The number of carbonyl (C=O) groups is 1. The maximum absolute atomic E-state index is 12.5. The molecule has 0 aliphatic rings. The zero-order chi connectivity index (χ0) is 20.6. The number of aryl methyl sites for hydroxylation is 1. The third-order valence-electron chi connectivity index (χ3n) is 4.42. The lowest BCUT2D eigenvalue weighted by atomic mass is 10.1. The van der Waals surface area contributed by atoms with Crippen LogP contribution in [0.2, 0.25) is 5.02 Å². The molecular weight excluding hydrogens is 384 g/mol. The van der Waals surface area contributed by atoms with E-state index in [1.807, 2.05) is 42.5 Å². The highest BCUT2D eigenvalue weighted by atomic mass is 35.5. The summed E-state index contributed by atoms with van der Waals surface area (Å²) in [6, 6.07) is 20.4. The summed E-state index contributed by atoms with van der Waals surface area (Å²) in [7, 11) is 0. The molecule has 0 radical (unpaired) electrons. The molecule has 1 amide bonds. The molecule has 0 aliphatic heterocycles. The molecule has 0 saturated heterocycles. The van der Waals surface area contributed by atoms with Gasteiger partial charge < -0.3 is 9.73 Å². The average Bonchev–Trinajstić information content (AvgIpc) is 3.20. The molecular formula is C24H21ClN2O2. The lowest BCUT2D eigenvalue weighted by Gasteiger charge is -2.06. The number of hydrogen-bond acceptors (Lipinski definition) is 3. The lowest BCUT2D eigenvalue weighted by molar-refractivity contribution is -0.112. The highest BCUT2D eigenvalue weighted by Gasteiger charge is 2.12. The molecule has 29 heavy (non-hydrogen) atoms. The summed E-state index contributed by atoms with van der Waals surface area (Å²) in [5.74, 6) is 0.551. The fraction of sp³-hybridized carbons (Fsp3) is 0.167. The average molecular weight is 405 g/mol. The van der Waals surface area contributed by atoms with E-state index in [0.29, 0.717) is 22.2 Å². The van der Waals surface area contributed by atoms with E-state index in [4.69, 9.17) is 16.0 Å². The van der Waals surface area contributed by atoms with Crippen LogP contribution in [0.3, 0.4) is 0 Å². The van der Waals surface area contributed by atoms with Crippen molar-refractivity contribution in [2.75, 3.05) is 5.32 Å². The Morgan fingerprint density at radius 1 is 1.17 bits per heavy atom. The highest BCUT2D eigenvalue weighted by Crippen LogP contribution is 2.26. The predicted molar refractivity (Wildman–Crippen MR) is 116 cm³/mol. The Bertz CT molecular complexity index is 1060. The Hall–Kier alpha value is -3.29. The van der Waals surface area contributed by atoms with Crippen molar-refractivity contribution in [3.05, 3.63) is 82.6 Å². The first kappa shape index (κ1) is 20.4. The highest BCUT2D eigenvalue weighted by molar-refractivity contribution is 6.30. The summed E-state index contributed by atoms with van der Waals surface area (Å²) in [4.78, 5) is 12.5. The van der Waals surface area contributed by atoms with E-state index in [0.717, 1.165) is 24.8 Å². The topological polar surface area (TPSA) is 66.0 Å². The molecule has 0 aliphatic carbocycles. The van der Waals surface area contributed by atoms with Crippen molar-refractivity contribution in [1.29, 1.82) is 5.26 Å². The van der Waals surface area contributed by atoms with Gasteiger partial charge in [-0.25, -0.2) is 0 Å². The van der Waals surface area contributed by atoms with Crippen LogP contribution in [0.5, 0.6) is 0 Å².